The predicted octanol–water partition coefficient (Wildman–Crippen LogP) is 1.80. The van der Waals surface area contributed by atoms with Crippen molar-refractivity contribution in [2.75, 3.05) is 6.61 Å². The molecule has 1 unspecified atom stereocenters. The Hall–Kier alpha value is -2.41. The van der Waals surface area contributed by atoms with Gasteiger partial charge in [-0.1, -0.05) is 12.1 Å². The molecule has 0 radical (unpaired) electrons. The number of aromatic nitrogens is 2. The molecular formula is C17H21N3O4. The fourth-order valence-electron chi connectivity index (χ4n) is 3.35. The van der Waals surface area contributed by atoms with E-state index in [1.807, 2.05) is 19.1 Å². The SMILES string of the molecule is Cc1cccc2nc(C(C)OC(N)=O)n(C3CC(CO)C3)c(=O)c12. The summed E-state index contributed by atoms with van der Waals surface area (Å²) < 4.78 is 6.66. The highest BCUT2D eigenvalue weighted by atomic mass is 16.6. The molecule has 24 heavy (non-hydrogen) atoms. The van der Waals surface area contributed by atoms with Crippen LogP contribution in [0.15, 0.2) is 23.0 Å². The van der Waals surface area contributed by atoms with E-state index in [0.29, 0.717) is 29.6 Å². The Labute approximate surface area is 139 Å². The highest BCUT2D eigenvalue weighted by Gasteiger charge is 2.34. The van der Waals surface area contributed by atoms with Crippen molar-refractivity contribution in [3.05, 3.63) is 39.9 Å². The third-order valence-electron chi connectivity index (χ3n) is 4.66. The number of amides is 1. The highest BCUT2D eigenvalue weighted by molar-refractivity contribution is 5.81. The number of benzene rings is 1. The Morgan fingerprint density at radius 1 is 1.50 bits per heavy atom. The van der Waals surface area contributed by atoms with Crippen molar-refractivity contribution in [3.63, 3.8) is 0 Å². The number of hydrogen-bond donors (Lipinski definition) is 2. The molecule has 3 N–H and O–H groups in total. The quantitative estimate of drug-likeness (QED) is 0.888. The first-order chi connectivity index (χ1) is 11.4. The molecule has 7 heteroatoms. The summed E-state index contributed by atoms with van der Waals surface area (Å²) in [5.74, 6) is 0.577. The van der Waals surface area contributed by atoms with E-state index in [9.17, 15) is 14.7 Å². The van der Waals surface area contributed by atoms with E-state index in [1.165, 1.54) is 0 Å². The van der Waals surface area contributed by atoms with Gasteiger partial charge >= 0.3 is 6.09 Å². The Balaban J connectivity index is 2.17. The molecule has 0 bridgehead atoms. The number of carbonyl (C=O) groups excluding carboxylic acids is 1. The van der Waals surface area contributed by atoms with Gasteiger partial charge in [-0.05, 0) is 44.2 Å². The smallest absolute Gasteiger partial charge is 0.405 e. The van der Waals surface area contributed by atoms with Crippen LogP contribution < -0.4 is 11.3 Å². The average Bonchev–Trinajstić information content (AvgIpc) is 2.47. The van der Waals surface area contributed by atoms with Crippen LogP contribution in [0.3, 0.4) is 0 Å². The molecular weight excluding hydrogens is 310 g/mol. The van der Waals surface area contributed by atoms with E-state index in [2.05, 4.69) is 4.98 Å². The zero-order chi connectivity index (χ0) is 17.4. The Morgan fingerprint density at radius 3 is 2.83 bits per heavy atom. The van der Waals surface area contributed by atoms with Gasteiger partial charge < -0.3 is 15.6 Å². The number of primary amides is 1. The van der Waals surface area contributed by atoms with E-state index < -0.39 is 12.2 Å². The van der Waals surface area contributed by atoms with Crippen LogP contribution in [0.4, 0.5) is 4.79 Å². The maximum Gasteiger partial charge on any atom is 0.405 e. The van der Waals surface area contributed by atoms with E-state index in [-0.39, 0.29) is 24.1 Å². The third kappa shape index (κ3) is 2.75. The molecule has 1 amide bonds. The molecule has 1 atom stereocenters. The number of rotatable bonds is 4. The van der Waals surface area contributed by atoms with Crippen LogP contribution in [0, 0.1) is 12.8 Å². The summed E-state index contributed by atoms with van der Waals surface area (Å²) in [5.41, 5.74) is 6.40. The predicted molar refractivity (Wildman–Crippen MR) is 88.7 cm³/mol. The number of fused-ring (bicyclic) bond motifs is 1. The van der Waals surface area contributed by atoms with Crippen molar-refractivity contribution < 1.29 is 14.6 Å². The van der Waals surface area contributed by atoms with Crippen molar-refractivity contribution >= 4 is 17.0 Å². The monoisotopic (exact) mass is 331 g/mol. The van der Waals surface area contributed by atoms with Crippen molar-refractivity contribution in [2.24, 2.45) is 11.7 Å². The van der Waals surface area contributed by atoms with Gasteiger partial charge in [-0.2, -0.15) is 0 Å². The highest BCUT2D eigenvalue weighted by Crippen LogP contribution is 2.38. The maximum atomic E-state index is 13.1. The van der Waals surface area contributed by atoms with Gasteiger partial charge in [0.15, 0.2) is 11.9 Å². The second kappa shape index (κ2) is 6.24. The topological polar surface area (TPSA) is 107 Å². The van der Waals surface area contributed by atoms with Crippen LogP contribution in [-0.4, -0.2) is 27.4 Å². The minimum atomic E-state index is -0.908. The normalized spacial score (nSPS) is 21.3. The first kappa shape index (κ1) is 16.4. The van der Waals surface area contributed by atoms with Crippen LogP contribution in [0.2, 0.25) is 0 Å². The molecule has 2 aromatic rings. The van der Waals surface area contributed by atoms with Gasteiger partial charge in [0, 0.05) is 12.6 Å². The largest absolute Gasteiger partial charge is 0.439 e. The lowest BCUT2D eigenvalue weighted by Crippen LogP contribution is -2.39. The van der Waals surface area contributed by atoms with Gasteiger partial charge in [-0.25, -0.2) is 9.78 Å². The molecule has 1 aliphatic carbocycles. The standard InChI is InChI=1S/C17H21N3O4/c1-9-4-3-5-13-14(9)16(22)20(12-6-11(7-12)8-21)15(19-13)10(2)24-17(18)23/h3-5,10-12,21H,6-8H2,1-2H3,(H2,18,23). The zero-order valence-electron chi connectivity index (χ0n) is 13.7. The van der Waals surface area contributed by atoms with Crippen molar-refractivity contribution in [1.82, 2.24) is 9.55 Å². The van der Waals surface area contributed by atoms with E-state index in [0.717, 1.165) is 5.56 Å². The summed E-state index contributed by atoms with van der Waals surface area (Å²) in [4.78, 5) is 28.8. The number of hydrogen-bond acceptors (Lipinski definition) is 5. The lowest BCUT2D eigenvalue weighted by atomic mass is 9.80. The molecule has 1 heterocycles. The lowest BCUT2D eigenvalue weighted by Gasteiger charge is -2.37. The van der Waals surface area contributed by atoms with E-state index in [1.54, 1.807) is 17.6 Å². The van der Waals surface area contributed by atoms with Crippen molar-refractivity contribution in [3.8, 4) is 0 Å². The number of carbonyl (C=O) groups is 1. The van der Waals surface area contributed by atoms with Crippen LogP contribution in [0.25, 0.3) is 10.9 Å². The van der Waals surface area contributed by atoms with E-state index >= 15 is 0 Å². The third-order valence-corrected chi connectivity index (χ3v) is 4.66. The Kier molecular flexibility index (Phi) is 4.28. The fraction of sp³-hybridized carbons (Fsp3) is 0.471. The van der Waals surface area contributed by atoms with E-state index in [4.69, 9.17) is 10.5 Å². The second-order valence-electron chi connectivity index (χ2n) is 6.37. The molecule has 0 aliphatic heterocycles. The van der Waals surface area contributed by atoms with Gasteiger partial charge in [-0.3, -0.25) is 9.36 Å². The molecule has 3 rings (SSSR count). The molecule has 7 nitrogen and oxygen atoms in total. The van der Waals surface area contributed by atoms with Gasteiger partial charge in [0.25, 0.3) is 5.56 Å². The molecule has 1 saturated carbocycles. The second-order valence-corrected chi connectivity index (χ2v) is 6.37. The maximum absolute atomic E-state index is 13.1. The zero-order valence-corrected chi connectivity index (χ0v) is 13.7. The Bertz CT molecular complexity index is 840. The van der Waals surface area contributed by atoms with Crippen LogP contribution in [0.5, 0.6) is 0 Å². The minimum Gasteiger partial charge on any atom is -0.439 e. The van der Waals surface area contributed by atoms with Gasteiger partial charge in [0.05, 0.1) is 10.9 Å². The number of aryl methyl sites for hydroxylation is 1. The summed E-state index contributed by atoms with van der Waals surface area (Å²) in [6.45, 7) is 3.62. The number of aliphatic hydroxyl groups is 1. The molecule has 1 aromatic carbocycles. The van der Waals surface area contributed by atoms with Gasteiger partial charge in [-0.15, -0.1) is 0 Å². The summed E-state index contributed by atoms with van der Waals surface area (Å²) in [6, 6.07) is 5.42. The first-order valence-corrected chi connectivity index (χ1v) is 8.01. The molecule has 1 aromatic heterocycles. The summed E-state index contributed by atoms with van der Waals surface area (Å²) in [7, 11) is 0. The molecule has 0 spiro atoms. The van der Waals surface area contributed by atoms with Crippen LogP contribution in [-0.2, 0) is 4.74 Å². The number of nitrogens with two attached hydrogens (primary N) is 1. The van der Waals surface area contributed by atoms with Gasteiger partial charge in [0.2, 0.25) is 0 Å². The number of ether oxygens (including phenoxy) is 1. The van der Waals surface area contributed by atoms with Crippen LogP contribution in [0.1, 0.15) is 43.3 Å². The summed E-state index contributed by atoms with van der Waals surface area (Å²) in [6.07, 6.45) is -0.236. The number of nitrogens with zero attached hydrogens (tertiary/aromatic N) is 2. The average molecular weight is 331 g/mol. The van der Waals surface area contributed by atoms with Crippen molar-refractivity contribution in [1.29, 1.82) is 0 Å². The van der Waals surface area contributed by atoms with Crippen molar-refractivity contribution in [2.45, 2.75) is 38.8 Å². The minimum absolute atomic E-state index is 0.0555. The van der Waals surface area contributed by atoms with Crippen LogP contribution >= 0.6 is 0 Å². The lowest BCUT2D eigenvalue weighted by molar-refractivity contribution is 0.0869. The summed E-state index contributed by atoms with van der Waals surface area (Å²) in [5, 5.41) is 9.81. The molecule has 0 saturated heterocycles. The Morgan fingerprint density at radius 2 is 2.21 bits per heavy atom. The molecule has 1 fully saturated rings. The number of aliphatic hydroxyl groups excluding tert-OH is 1. The summed E-state index contributed by atoms with van der Waals surface area (Å²) >= 11 is 0. The molecule has 1 aliphatic rings. The molecule has 128 valence electrons. The first-order valence-electron chi connectivity index (χ1n) is 8.01. The fourth-order valence-corrected chi connectivity index (χ4v) is 3.35. The van der Waals surface area contributed by atoms with Gasteiger partial charge in [0.1, 0.15) is 0 Å².